The van der Waals surface area contributed by atoms with E-state index in [1.54, 1.807) is 6.07 Å². The molecule has 1 rings (SSSR count). The molecule has 0 unspecified atom stereocenters. The fourth-order valence-electron chi connectivity index (χ4n) is 2.01. The number of likely N-dealkylation sites (N-methyl/N-ethyl adjacent to an activating group) is 1. The third-order valence-electron chi connectivity index (χ3n) is 3.08. The molecule has 0 bridgehead atoms. The van der Waals surface area contributed by atoms with Crippen molar-refractivity contribution in [3.05, 3.63) is 33.9 Å². The van der Waals surface area contributed by atoms with Gasteiger partial charge in [-0.05, 0) is 32.6 Å². The van der Waals surface area contributed by atoms with Gasteiger partial charge in [0.15, 0.2) is 0 Å². The van der Waals surface area contributed by atoms with Crippen molar-refractivity contribution in [2.75, 3.05) is 38.6 Å². The lowest BCUT2D eigenvalue weighted by atomic mass is 10.1. The van der Waals surface area contributed by atoms with Crippen molar-refractivity contribution in [2.24, 2.45) is 0 Å². The van der Waals surface area contributed by atoms with Crippen LogP contribution in [0.15, 0.2) is 18.2 Å². The summed E-state index contributed by atoms with van der Waals surface area (Å²) in [5.74, 6) is -1.29. The number of aromatic carboxylic acids is 1. The fraction of sp³-hybridized carbons (Fsp3) is 0.500. The summed E-state index contributed by atoms with van der Waals surface area (Å²) in [4.78, 5) is 25.5. The first-order valence-corrected chi connectivity index (χ1v) is 6.78. The van der Waals surface area contributed by atoms with Crippen molar-refractivity contribution >= 4 is 17.3 Å². The van der Waals surface area contributed by atoms with Crippen molar-refractivity contribution in [2.45, 2.75) is 13.3 Å². The van der Waals surface area contributed by atoms with Crippen LogP contribution in [-0.4, -0.2) is 54.6 Å². The second-order valence-electron chi connectivity index (χ2n) is 5.05. The third-order valence-corrected chi connectivity index (χ3v) is 3.08. The van der Waals surface area contributed by atoms with Crippen LogP contribution in [0.4, 0.5) is 11.4 Å². The molecule has 116 valence electrons. The highest BCUT2D eigenvalue weighted by molar-refractivity contribution is 5.93. The number of nitro benzene ring substituents is 1. The van der Waals surface area contributed by atoms with Gasteiger partial charge >= 0.3 is 5.97 Å². The van der Waals surface area contributed by atoms with Gasteiger partial charge in [0, 0.05) is 31.4 Å². The van der Waals surface area contributed by atoms with Crippen LogP contribution in [-0.2, 0) is 0 Å². The molecule has 0 spiro atoms. The highest BCUT2D eigenvalue weighted by Crippen LogP contribution is 2.26. The van der Waals surface area contributed by atoms with E-state index in [1.165, 1.54) is 12.1 Å². The van der Waals surface area contributed by atoms with Crippen molar-refractivity contribution < 1.29 is 14.8 Å². The summed E-state index contributed by atoms with van der Waals surface area (Å²) in [6, 6.07) is 4.27. The molecule has 0 aliphatic rings. The summed E-state index contributed by atoms with van der Waals surface area (Å²) in [7, 11) is 3.92. The number of carbonyl (C=O) groups is 1. The van der Waals surface area contributed by atoms with Gasteiger partial charge in [0.25, 0.3) is 5.69 Å². The van der Waals surface area contributed by atoms with Gasteiger partial charge in [-0.2, -0.15) is 0 Å². The molecule has 0 radical (unpaired) electrons. The van der Waals surface area contributed by atoms with Gasteiger partial charge in [-0.25, -0.2) is 4.79 Å². The van der Waals surface area contributed by atoms with Crippen molar-refractivity contribution in [3.63, 3.8) is 0 Å². The summed E-state index contributed by atoms with van der Waals surface area (Å²) >= 11 is 0. The second kappa shape index (κ2) is 7.58. The quantitative estimate of drug-likeness (QED) is 0.583. The van der Waals surface area contributed by atoms with Gasteiger partial charge in [0.05, 0.1) is 4.92 Å². The van der Waals surface area contributed by atoms with E-state index in [0.717, 1.165) is 26.1 Å². The minimum Gasteiger partial charge on any atom is -0.477 e. The molecule has 0 amide bonds. The largest absolute Gasteiger partial charge is 0.477 e. The Morgan fingerprint density at radius 1 is 1.29 bits per heavy atom. The first-order valence-electron chi connectivity index (χ1n) is 6.78. The Hall–Kier alpha value is -2.15. The Balaban J connectivity index is 3.11. The Morgan fingerprint density at radius 2 is 1.95 bits per heavy atom. The normalized spacial score (nSPS) is 10.7. The molecule has 0 atom stereocenters. The van der Waals surface area contributed by atoms with Crippen LogP contribution in [0.25, 0.3) is 0 Å². The molecule has 7 heteroatoms. The molecule has 0 saturated heterocycles. The average molecular weight is 295 g/mol. The van der Waals surface area contributed by atoms with Gasteiger partial charge in [-0.1, -0.05) is 6.92 Å². The summed E-state index contributed by atoms with van der Waals surface area (Å²) in [5.41, 5.74) is 0.0224. The Morgan fingerprint density at radius 3 is 2.43 bits per heavy atom. The van der Waals surface area contributed by atoms with E-state index in [9.17, 15) is 14.9 Å². The first kappa shape index (κ1) is 16.9. The lowest BCUT2D eigenvalue weighted by molar-refractivity contribution is -0.385. The molecular formula is C14H21N3O4. The fourth-order valence-corrected chi connectivity index (χ4v) is 2.01. The zero-order valence-electron chi connectivity index (χ0n) is 12.6. The van der Waals surface area contributed by atoms with Crippen LogP contribution in [0.3, 0.4) is 0 Å². The van der Waals surface area contributed by atoms with Crippen LogP contribution in [0.5, 0.6) is 0 Å². The monoisotopic (exact) mass is 295 g/mol. The first-order chi connectivity index (χ1) is 9.86. The maximum Gasteiger partial charge on any atom is 0.342 e. The number of hydrogen-bond donors (Lipinski definition) is 1. The van der Waals surface area contributed by atoms with E-state index in [-0.39, 0.29) is 11.3 Å². The molecule has 0 aliphatic heterocycles. The summed E-state index contributed by atoms with van der Waals surface area (Å²) < 4.78 is 0. The van der Waals surface area contributed by atoms with Crippen molar-refractivity contribution in [3.8, 4) is 0 Å². The second-order valence-corrected chi connectivity index (χ2v) is 5.05. The lowest BCUT2D eigenvalue weighted by Gasteiger charge is -2.26. The van der Waals surface area contributed by atoms with Crippen LogP contribution >= 0.6 is 0 Å². The van der Waals surface area contributed by atoms with Gasteiger partial charge in [0.2, 0.25) is 0 Å². The number of nitrogens with zero attached hydrogens (tertiary/aromatic N) is 3. The highest BCUT2D eigenvalue weighted by Gasteiger charge is 2.21. The topological polar surface area (TPSA) is 86.9 Å². The molecule has 0 fully saturated rings. The zero-order chi connectivity index (χ0) is 16.0. The number of carboxylic acids is 1. The molecule has 0 aromatic heterocycles. The van der Waals surface area contributed by atoms with Crippen LogP contribution < -0.4 is 4.90 Å². The number of hydrogen-bond acceptors (Lipinski definition) is 5. The van der Waals surface area contributed by atoms with Gasteiger partial charge in [-0.15, -0.1) is 0 Å². The standard InChI is InChI=1S/C14H21N3O4/c1-4-7-16(9-8-15(2)3)11-5-6-12(14(18)19)13(10-11)17(20)21/h5-6,10H,4,7-9H2,1-3H3,(H,18,19). The molecule has 21 heavy (non-hydrogen) atoms. The van der Waals surface area contributed by atoms with Crippen LogP contribution in [0.2, 0.25) is 0 Å². The van der Waals surface area contributed by atoms with Crippen LogP contribution in [0.1, 0.15) is 23.7 Å². The summed E-state index contributed by atoms with van der Waals surface area (Å²) in [6.07, 6.45) is 0.905. The maximum atomic E-state index is 11.0. The zero-order valence-corrected chi connectivity index (χ0v) is 12.6. The van der Waals surface area contributed by atoms with Gasteiger partial charge in [-0.3, -0.25) is 10.1 Å². The van der Waals surface area contributed by atoms with Crippen molar-refractivity contribution in [1.29, 1.82) is 0 Å². The van der Waals surface area contributed by atoms with Gasteiger partial charge in [0.1, 0.15) is 5.56 Å². The van der Waals surface area contributed by atoms with Gasteiger partial charge < -0.3 is 14.9 Å². The molecule has 7 nitrogen and oxygen atoms in total. The number of anilines is 1. The minimum absolute atomic E-state index is 0.284. The maximum absolute atomic E-state index is 11.0. The highest BCUT2D eigenvalue weighted by atomic mass is 16.6. The van der Waals surface area contributed by atoms with E-state index in [4.69, 9.17) is 5.11 Å². The number of rotatable bonds is 8. The summed E-state index contributed by atoms with van der Waals surface area (Å²) in [6.45, 7) is 4.33. The van der Waals surface area contributed by atoms with E-state index in [2.05, 4.69) is 0 Å². The molecule has 1 N–H and O–H groups in total. The van der Waals surface area contributed by atoms with E-state index in [0.29, 0.717) is 5.69 Å². The van der Waals surface area contributed by atoms with Crippen LogP contribution in [0, 0.1) is 10.1 Å². The summed E-state index contributed by atoms with van der Waals surface area (Å²) in [5, 5.41) is 20.0. The number of carboxylic acid groups (broad SMARTS) is 1. The van der Waals surface area contributed by atoms with Crippen molar-refractivity contribution in [1.82, 2.24) is 4.90 Å². The van der Waals surface area contributed by atoms with E-state index >= 15 is 0 Å². The average Bonchev–Trinajstić information content (AvgIpc) is 2.42. The molecule has 0 aliphatic carbocycles. The molecule has 1 aromatic carbocycles. The lowest BCUT2D eigenvalue weighted by Crippen LogP contribution is -2.32. The smallest absolute Gasteiger partial charge is 0.342 e. The SMILES string of the molecule is CCCN(CCN(C)C)c1ccc(C(=O)O)c([N+](=O)[O-])c1. The number of benzene rings is 1. The minimum atomic E-state index is -1.29. The Bertz CT molecular complexity index is 517. The molecular weight excluding hydrogens is 274 g/mol. The predicted molar refractivity (Wildman–Crippen MR) is 81.1 cm³/mol. The molecule has 1 aromatic rings. The van der Waals surface area contributed by atoms with E-state index < -0.39 is 10.9 Å². The Kier molecular flexibility index (Phi) is 6.10. The number of nitro groups is 1. The van der Waals surface area contributed by atoms with E-state index in [1.807, 2.05) is 30.8 Å². The molecule has 0 saturated carbocycles. The molecule has 0 heterocycles. The third kappa shape index (κ3) is 4.71. The Labute approximate surface area is 123 Å². The predicted octanol–water partition coefficient (Wildman–Crippen LogP) is 2.07.